The fourth-order valence-corrected chi connectivity index (χ4v) is 1.05. The number of rotatable bonds is 0. The number of hydrogen-bond acceptors (Lipinski definition) is 1. The lowest BCUT2D eigenvalue weighted by molar-refractivity contribution is 0.632. The molecule has 0 aromatic heterocycles. The van der Waals surface area contributed by atoms with Crippen LogP contribution in [0.15, 0.2) is 16.6 Å². The van der Waals surface area contributed by atoms with Crippen LogP contribution in [0.4, 0.5) is 10.1 Å². The third-order valence-corrected chi connectivity index (χ3v) is 2.24. The Bertz CT molecular complexity index is 215. The van der Waals surface area contributed by atoms with Gasteiger partial charge in [0.25, 0.3) is 0 Å². The molecule has 0 aliphatic rings. The van der Waals surface area contributed by atoms with Gasteiger partial charge in [-0.3, -0.25) is 0 Å². The normalized spacial score (nSPS) is 8.75. The van der Waals surface area contributed by atoms with E-state index in [1.807, 2.05) is 13.8 Å². The molecule has 0 spiro atoms. The molecule has 0 saturated heterocycles. The molecule has 12 heavy (non-hydrogen) atoms. The van der Waals surface area contributed by atoms with E-state index in [2.05, 4.69) is 15.9 Å². The van der Waals surface area contributed by atoms with Crippen LogP contribution in [0.1, 0.15) is 13.8 Å². The predicted molar refractivity (Wildman–Crippen MR) is 54.9 cm³/mol. The summed E-state index contributed by atoms with van der Waals surface area (Å²) in [6, 6.07) is 2.60. The van der Waals surface area contributed by atoms with Crippen molar-refractivity contribution in [2.24, 2.45) is 0 Å². The van der Waals surface area contributed by atoms with Crippen LogP contribution in [0.5, 0.6) is 0 Å². The van der Waals surface area contributed by atoms with E-state index >= 15 is 0 Å². The Balaban J connectivity index is 0.000000561. The van der Waals surface area contributed by atoms with Gasteiger partial charge in [0.05, 0.1) is 10.7 Å². The average molecular weight is 255 g/mol. The van der Waals surface area contributed by atoms with Crippen molar-refractivity contribution in [1.29, 1.82) is 0 Å². The third-order valence-electron chi connectivity index (χ3n) is 1.04. The highest BCUT2D eigenvalue weighted by molar-refractivity contribution is 9.10. The highest BCUT2D eigenvalue weighted by Gasteiger charge is 2.02. The number of nitrogens with two attached hydrogens (primary N) is 1. The second-order valence-corrected chi connectivity index (χ2v) is 3.05. The van der Waals surface area contributed by atoms with Crippen molar-refractivity contribution in [1.82, 2.24) is 0 Å². The number of anilines is 1. The van der Waals surface area contributed by atoms with Gasteiger partial charge >= 0.3 is 0 Å². The van der Waals surface area contributed by atoms with E-state index in [0.29, 0.717) is 9.50 Å². The van der Waals surface area contributed by atoms with Crippen molar-refractivity contribution in [2.45, 2.75) is 13.8 Å². The smallest absolute Gasteiger partial charge is 0.147 e. The summed E-state index contributed by atoms with van der Waals surface area (Å²) in [6.45, 7) is 4.00. The predicted octanol–water partition coefficient (Wildman–Crippen LogP) is 3.85. The van der Waals surface area contributed by atoms with Gasteiger partial charge in [0.1, 0.15) is 5.82 Å². The van der Waals surface area contributed by atoms with Crippen molar-refractivity contribution >= 4 is 33.2 Å². The Morgan fingerprint density at radius 1 is 1.42 bits per heavy atom. The van der Waals surface area contributed by atoms with Crippen LogP contribution in [0.25, 0.3) is 0 Å². The molecule has 0 saturated carbocycles. The minimum Gasteiger partial charge on any atom is -0.396 e. The molecule has 0 fully saturated rings. The number of benzene rings is 1. The molecule has 0 aliphatic heterocycles. The maximum absolute atomic E-state index is 12.5. The molecule has 0 radical (unpaired) electrons. The third kappa shape index (κ3) is 2.99. The molecule has 0 heterocycles. The molecule has 1 aromatic carbocycles. The van der Waals surface area contributed by atoms with Gasteiger partial charge in [-0.05, 0) is 28.1 Å². The lowest BCUT2D eigenvalue weighted by atomic mass is 10.3. The van der Waals surface area contributed by atoms with Gasteiger partial charge in [0.2, 0.25) is 0 Å². The Morgan fingerprint density at radius 2 is 1.92 bits per heavy atom. The summed E-state index contributed by atoms with van der Waals surface area (Å²) in [5.74, 6) is -0.492. The molecule has 2 N–H and O–H groups in total. The van der Waals surface area contributed by atoms with Crippen LogP contribution in [-0.2, 0) is 0 Å². The quantitative estimate of drug-likeness (QED) is 0.552. The first-order valence-electron chi connectivity index (χ1n) is 3.51. The molecule has 1 nitrogen and oxygen atoms in total. The van der Waals surface area contributed by atoms with Gasteiger partial charge in [0, 0.05) is 4.47 Å². The van der Waals surface area contributed by atoms with E-state index in [4.69, 9.17) is 17.3 Å². The summed E-state index contributed by atoms with van der Waals surface area (Å²) >= 11 is 8.65. The summed E-state index contributed by atoms with van der Waals surface area (Å²) in [5.41, 5.74) is 5.32. The van der Waals surface area contributed by atoms with E-state index in [9.17, 15) is 4.39 Å². The molecule has 0 bridgehead atoms. The molecule has 0 unspecified atom stereocenters. The first kappa shape index (κ1) is 11.7. The SMILES string of the molecule is CC.Nc1cc(Br)c(Cl)cc1F. The fourth-order valence-electron chi connectivity index (χ4n) is 0.538. The highest BCUT2D eigenvalue weighted by atomic mass is 79.9. The van der Waals surface area contributed by atoms with Crippen molar-refractivity contribution in [2.75, 3.05) is 5.73 Å². The molecule has 0 aliphatic carbocycles. The van der Waals surface area contributed by atoms with Gasteiger partial charge in [-0.1, -0.05) is 25.4 Å². The van der Waals surface area contributed by atoms with Crippen molar-refractivity contribution in [3.63, 3.8) is 0 Å². The first-order valence-corrected chi connectivity index (χ1v) is 4.68. The average Bonchev–Trinajstić information content (AvgIpc) is 2.05. The van der Waals surface area contributed by atoms with Gasteiger partial charge < -0.3 is 5.73 Å². The summed E-state index contributed by atoms with van der Waals surface area (Å²) in [4.78, 5) is 0. The molecule has 1 aromatic rings. The zero-order valence-corrected chi connectivity index (χ0v) is 9.21. The molecular formula is C8H10BrClFN. The second kappa shape index (κ2) is 5.38. The largest absolute Gasteiger partial charge is 0.396 e. The summed E-state index contributed by atoms with van der Waals surface area (Å²) in [7, 11) is 0. The highest BCUT2D eigenvalue weighted by Crippen LogP contribution is 2.26. The van der Waals surface area contributed by atoms with E-state index < -0.39 is 5.82 Å². The minimum atomic E-state index is -0.492. The summed E-state index contributed by atoms with van der Waals surface area (Å²) in [5, 5.41) is 0.326. The Labute approximate surface area is 84.8 Å². The Hall–Kier alpha value is -0.280. The van der Waals surface area contributed by atoms with Gasteiger partial charge in [-0.15, -0.1) is 0 Å². The fraction of sp³-hybridized carbons (Fsp3) is 0.250. The zero-order valence-electron chi connectivity index (χ0n) is 6.87. The lowest BCUT2D eigenvalue weighted by Gasteiger charge is -1.98. The van der Waals surface area contributed by atoms with Crippen LogP contribution in [0, 0.1) is 5.82 Å². The summed E-state index contributed by atoms with van der Waals surface area (Å²) < 4.78 is 13.1. The van der Waals surface area contributed by atoms with Gasteiger partial charge in [-0.2, -0.15) is 0 Å². The number of nitrogen functional groups attached to an aromatic ring is 1. The molecule has 0 amide bonds. The van der Waals surface area contributed by atoms with Gasteiger partial charge in [0.15, 0.2) is 0 Å². The molecule has 4 heteroatoms. The van der Waals surface area contributed by atoms with E-state index in [1.54, 1.807) is 0 Å². The van der Waals surface area contributed by atoms with E-state index in [1.165, 1.54) is 12.1 Å². The van der Waals surface area contributed by atoms with Crippen LogP contribution in [0.2, 0.25) is 5.02 Å². The standard InChI is InChI=1S/C6H4BrClFN.C2H6/c7-3-1-6(10)5(9)2-4(3)8;1-2/h1-2H,10H2;1-2H3. The van der Waals surface area contributed by atoms with Crippen molar-refractivity contribution < 1.29 is 4.39 Å². The number of halogens is 3. The lowest BCUT2D eigenvalue weighted by Crippen LogP contribution is -1.89. The van der Waals surface area contributed by atoms with Crippen LogP contribution in [-0.4, -0.2) is 0 Å². The zero-order chi connectivity index (χ0) is 9.72. The maximum Gasteiger partial charge on any atom is 0.147 e. The molecule has 0 atom stereocenters. The molecule has 68 valence electrons. The summed E-state index contributed by atoms with van der Waals surface area (Å²) in [6.07, 6.45) is 0. The number of hydrogen-bond donors (Lipinski definition) is 1. The molecule has 1 rings (SSSR count). The van der Waals surface area contributed by atoms with Crippen LogP contribution in [0.3, 0.4) is 0 Å². The van der Waals surface area contributed by atoms with Crippen LogP contribution >= 0.6 is 27.5 Å². The Kier molecular flexibility index (Phi) is 5.25. The minimum absolute atomic E-state index is 0.0938. The Morgan fingerprint density at radius 3 is 2.33 bits per heavy atom. The van der Waals surface area contributed by atoms with E-state index in [-0.39, 0.29) is 5.69 Å². The molecular weight excluding hydrogens is 244 g/mol. The van der Waals surface area contributed by atoms with Gasteiger partial charge in [-0.25, -0.2) is 4.39 Å². The van der Waals surface area contributed by atoms with Crippen molar-refractivity contribution in [3.8, 4) is 0 Å². The van der Waals surface area contributed by atoms with Crippen LogP contribution < -0.4 is 5.73 Å². The van der Waals surface area contributed by atoms with Crippen molar-refractivity contribution in [3.05, 3.63) is 27.4 Å². The topological polar surface area (TPSA) is 26.0 Å². The maximum atomic E-state index is 12.5. The second-order valence-electron chi connectivity index (χ2n) is 1.79. The first-order chi connectivity index (χ1) is 5.61. The van der Waals surface area contributed by atoms with E-state index in [0.717, 1.165) is 0 Å². The monoisotopic (exact) mass is 253 g/mol.